The maximum Gasteiger partial charge on any atom is 0.416 e. The highest BCUT2D eigenvalue weighted by Gasteiger charge is 2.30. The van der Waals surface area contributed by atoms with Gasteiger partial charge in [-0.3, -0.25) is 10.1 Å². The number of rotatable bonds is 7. The summed E-state index contributed by atoms with van der Waals surface area (Å²) in [6.07, 6.45) is -4.43. The molecule has 1 heterocycles. The number of aromatic nitrogens is 2. The number of carbonyl (C=O) groups is 1. The zero-order valence-corrected chi connectivity index (χ0v) is 14.3. The molecule has 0 atom stereocenters. The predicted molar refractivity (Wildman–Crippen MR) is 90.8 cm³/mol. The summed E-state index contributed by atoms with van der Waals surface area (Å²) in [5, 5.41) is 14.2. The van der Waals surface area contributed by atoms with Crippen molar-refractivity contribution >= 4 is 39.3 Å². The molecular weight excluding hydrogens is 361 g/mol. The Morgan fingerprint density at radius 2 is 1.88 bits per heavy atom. The van der Waals surface area contributed by atoms with E-state index in [1.54, 1.807) is 11.8 Å². The van der Waals surface area contributed by atoms with E-state index in [4.69, 9.17) is 0 Å². The van der Waals surface area contributed by atoms with Crippen LogP contribution in [0.2, 0.25) is 0 Å². The van der Waals surface area contributed by atoms with Crippen molar-refractivity contribution in [2.24, 2.45) is 0 Å². The molecule has 2 N–H and O–H groups in total. The number of nitrogens with zero attached hydrogens (tertiary/aromatic N) is 2. The molecule has 5 nitrogen and oxygen atoms in total. The van der Waals surface area contributed by atoms with E-state index in [2.05, 4.69) is 27.8 Å². The Hall–Kier alpha value is -1.81. The van der Waals surface area contributed by atoms with E-state index in [-0.39, 0.29) is 10.7 Å². The second kappa shape index (κ2) is 8.34. The summed E-state index contributed by atoms with van der Waals surface area (Å²) in [6.45, 7) is 2.81. The Morgan fingerprint density at radius 3 is 2.50 bits per heavy atom. The molecule has 1 amide bonds. The molecule has 0 saturated carbocycles. The molecule has 0 fully saturated rings. The summed E-state index contributed by atoms with van der Waals surface area (Å²) in [4.78, 5) is 12.0. The molecule has 0 unspecified atom stereocenters. The summed E-state index contributed by atoms with van der Waals surface area (Å²) in [7, 11) is 0. The van der Waals surface area contributed by atoms with Gasteiger partial charge < -0.3 is 5.32 Å². The Morgan fingerprint density at radius 1 is 1.21 bits per heavy atom. The minimum atomic E-state index is -4.43. The molecule has 0 spiro atoms. The standard InChI is InChI=1S/C14H15F3N4OS2/c1-2-23-8-7-18-12-20-21-13(24-12)19-11(22)9-3-5-10(6-4-9)14(15,16)17/h3-6H,2,7-8H2,1H3,(H,18,20)(H,19,21,22). The molecule has 10 heteroatoms. The van der Waals surface area contributed by atoms with Crippen molar-refractivity contribution in [2.45, 2.75) is 13.1 Å². The summed E-state index contributed by atoms with van der Waals surface area (Å²) in [5.74, 6) is 1.43. The second-order valence-electron chi connectivity index (χ2n) is 4.57. The molecule has 0 saturated heterocycles. The van der Waals surface area contributed by atoms with Crippen LogP contribution in [-0.2, 0) is 6.18 Å². The van der Waals surface area contributed by atoms with Crippen molar-refractivity contribution in [3.05, 3.63) is 35.4 Å². The third-order valence-corrected chi connectivity index (χ3v) is 4.54. The summed E-state index contributed by atoms with van der Waals surface area (Å²) >= 11 is 2.96. The maximum atomic E-state index is 12.5. The topological polar surface area (TPSA) is 66.9 Å². The molecule has 2 rings (SSSR count). The minimum absolute atomic E-state index is 0.118. The minimum Gasteiger partial charge on any atom is -0.359 e. The van der Waals surface area contributed by atoms with Crippen LogP contribution in [0, 0.1) is 0 Å². The number of anilines is 2. The number of benzene rings is 1. The van der Waals surface area contributed by atoms with Crippen LogP contribution in [0.5, 0.6) is 0 Å². The molecule has 0 radical (unpaired) electrons. The first-order valence-electron chi connectivity index (χ1n) is 7.04. The Labute approximate surface area is 145 Å². The van der Waals surface area contributed by atoms with Gasteiger partial charge in [0.1, 0.15) is 0 Å². The number of hydrogen-bond acceptors (Lipinski definition) is 6. The van der Waals surface area contributed by atoms with Crippen LogP contribution in [0.3, 0.4) is 0 Å². The molecule has 130 valence electrons. The molecule has 0 aliphatic rings. The molecule has 0 aliphatic carbocycles. The van der Waals surface area contributed by atoms with E-state index in [1.807, 2.05) is 0 Å². The van der Waals surface area contributed by atoms with Gasteiger partial charge in [0.25, 0.3) is 5.91 Å². The summed E-state index contributed by atoms with van der Waals surface area (Å²) in [6, 6.07) is 3.99. The van der Waals surface area contributed by atoms with Gasteiger partial charge >= 0.3 is 6.18 Å². The van der Waals surface area contributed by atoms with E-state index in [0.29, 0.717) is 5.13 Å². The molecule has 24 heavy (non-hydrogen) atoms. The van der Waals surface area contributed by atoms with Gasteiger partial charge in [0.05, 0.1) is 5.56 Å². The fourth-order valence-electron chi connectivity index (χ4n) is 1.70. The molecule has 0 bridgehead atoms. The monoisotopic (exact) mass is 376 g/mol. The number of thioether (sulfide) groups is 1. The van der Waals surface area contributed by atoms with Gasteiger partial charge in [-0.25, -0.2) is 0 Å². The number of alkyl halides is 3. The zero-order chi connectivity index (χ0) is 17.6. The van der Waals surface area contributed by atoms with Gasteiger partial charge in [-0.1, -0.05) is 18.3 Å². The largest absolute Gasteiger partial charge is 0.416 e. The van der Waals surface area contributed by atoms with Crippen molar-refractivity contribution in [1.82, 2.24) is 10.2 Å². The summed E-state index contributed by atoms with van der Waals surface area (Å²) < 4.78 is 37.5. The van der Waals surface area contributed by atoms with Crippen molar-refractivity contribution in [3.8, 4) is 0 Å². The lowest BCUT2D eigenvalue weighted by atomic mass is 10.1. The molecule has 1 aromatic carbocycles. The zero-order valence-electron chi connectivity index (χ0n) is 12.7. The SMILES string of the molecule is CCSCCNc1nnc(NC(=O)c2ccc(C(F)(F)F)cc2)s1. The van der Waals surface area contributed by atoms with Gasteiger partial charge in [-0.15, -0.1) is 10.2 Å². The highest BCUT2D eigenvalue weighted by Crippen LogP contribution is 2.29. The Bertz CT molecular complexity index is 673. The fourth-order valence-corrected chi connectivity index (χ4v) is 2.90. The van der Waals surface area contributed by atoms with Gasteiger partial charge in [0.2, 0.25) is 10.3 Å². The van der Waals surface area contributed by atoms with Crippen molar-refractivity contribution in [1.29, 1.82) is 0 Å². The normalized spacial score (nSPS) is 11.3. The fraction of sp³-hybridized carbons (Fsp3) is 0.357. The van der Waals surface area contributed by atoms with Crippen molar-refractivity contribution < 1.29 is 18.0 Å². The molecular formula is C14H15F3N4OS2. The number of hydrogen-bond donors (Lipinski definition) is 2. The van der Waals surface area contributed by atoms with Crippen molar-refractivity contribution in [3.63, 3.8) is 0 Å². The molecule has 2 aromatic rings. The quantitative estimate of drug-likeness (QED) is 0.716. The van der Waals surface area contributed by atoms with Crippen LogP contribution in [0.25, 0.3) is 0 Å². The molecule has 0 aliphatic heterocycles. The van der Waals surface area contributed by atoms with E-state index in [9.17, 15) is 18.0 Å². The van der Waals surface area contributed by atoms with Crippen LogP contribution in [0.1, 0.15) is 22.8 Å². The number of carbonyl (C=O) groups excluding carboxylic acids is 1. The first-order valence-corrected chi connectivity index (χ1v) is 9.01. The van der Waals surface area contributed by atoms with E-state index in [1.165, 1.54) is 11.3 Å². The average Bonchev–Trinajstić information content (AvgIpc) is 2.98. The first kappa shape index (κ1) is 18.5. The van der Waals surface area contributed by atoms with E-state index >= 15 is 0 Å². The first-order chi connectivity index (χ1) is 11.4. The number of amides is 1. The van der Waals surface area contributed by atoms with E-state index in [0.717, 1.165) is 42.3 Å². The lowest BCUT2D eigenvalue weighted by Crippen LogP contribution is -2.12. The highest BCUT2D eigenvalue weighted by atomic mass is 32.2. The van der Waals surface area contributed by atoms with Crippen LogP contribution in [0.15, 0.2) is 24.3 Å². The van der Waals surface area contributed by atoms with Gasteiger partial charge in [-0.05, 0) is 30.0 Å². The lowest BCUT2D eigenvalue weighted by Gasteiger charge is -2.07. The highest BCUT2D eigenvalue weighted by molar-refractivity contribution is 7.99. The van der Waals surface area contributed by atoms with Crippen LogP contribution < -0.4 is 10.6 Å². The number of halogens is 3. The van der Waals surface area contributed by atoms with Gasteiger partial charge in [0, 0.05) is 17.9 Å². The van der Waals surface area contributed by atoms with Crippen molar-refractivity contribution in [2.75, 3.05) is 28.7 Å². The number of nitrogens with one attached hydrogen (secondary N) is 2. The van der Waals surface area contributed by atoms with Crippen LogP contribution in [-0.4, -0.2) is 34.2 Å². The van der Waals surface area contributed by atoms with E-state index < -0.39 is 17.6 Å². The van der Waals surface area contributed by atoms with Gasteiger partial charge in [0.15, 0.2) is 0 Å². The van der Waals surface area contributed by atoms with Gasteiger partial charge in [-0.2, -0.15) is 24.9 Å². The molecule has 1 aromatic heterocycles. The second-order valence-corrected chi connectivity index (χ2v) is 6.94. The predicted octanol–water partition coefficient (Wildman–Crippen LogP) is 3.97. The third kappa shape index (κ3) is 5.38. The van der Waals surface area contributed by atoms with Crippen LogP contribution in [0.4, 0.5) is 23.4 Å². The lowest BCUT2D eigenvalue weighted by molar-refractivity contribution is -0.137. The average molecular weight is 376 g/mol. The Balaban J connectivity index is 1.91. The maximum absolute atomic E-state index is 12.5. The smallest absolute Gasteiger partial charge is 0.359 e. The van der Waals surface area contributed by atoms with Crippen LogP contribution >= 0.6 is 23.1 Å². The summed E-state index contributed by atoms with van der Waals surface area (Å²) in [5.41, 5.74) is -0.682. The third-order valence-electron chi connectivity index (χ3n) is 2.85. The Kier molecular flexibility index (Phi) is 6.44.